The number of ketones is 1. The molecule has 6 N–H and O–H groups in total. The van der Waals surface area contributed by atoms with Gasteiger partial charge < -0.3 is 35.7 Å². The zero-order valence-corrected chi connectivity index (χ0v) is 29.2. The zero-order valence-electron chi connectivity index (χ0n) is 28.4. The highest BCUT2D eigenvalue weighted by Crippen LogP contribution is 2.26. The van der Waals surface area contributed by atoms with Crippen LogP contribution in [0.15, 0.2) is 77.2 Å². The summed E-state index contributed by atoms with van der Waals surface area (Å²) in [6, 6.07) is 19.6. The van der Waals surface area contributed by atoms with Gasteiger partial charge in [0.05, 0.1) is 12.7 Å². The molecule has 0 radical (unpaired) electrons. The predicted octanol–water partition coefficient (Wildman–Crippen LogP) is 5.05. The van der Waals surface area contributed by atoms with Gasteiger partial charge in [0.25, 0.3) is 5.89 Å². The lowest BCUT2D eigenvalue weighted by Crippen LogP contribution is -2.51. The van der Waals surface area contributed by atoms with Crippen LogP contribution in [0.5, 0.6) is 0 Å². The van der Waals surface area contributed by atoms with E-state index in [0.717, 1.165) is 49.9 Å². The van der Waals surface area contributed by atoms with Crippen LogP contribution in [-0.2, 0) is 27.4 Å². The number of nitrogens with zero attached hydrogens (tertiary/aromatic N) is 2. The first kappa shape index (κ1) is 36.0. The summed E-state index contributed by atoms with van der Waals surface area (Å²) in [6.45, 7) is 2.58. The normalized spacial score (nSPS) is 18.4. The molecule has 0 bridgehead atoms. The van der Waals surface area contributed by atoms with Crippen LogP contribution in [0.1, 0.15) is 60.3 Å². The van der Waals surface area contributed by atoms with Gasteiger partial charge in [0.1, 0.15) is 17.6 Å². The van der Waals surface area contributed by atoms with Crippen LogP contribution in [0.3, 0.4) is 0 Å². The summed E-state index contributed by atoms with van der Waals surface area (Å²) in [5.74, 6) is -0.744. The van der Waals surface area contributed by atoms with Crippen molar-refractivity contribution < 1.29 is 23.5 Å². The number of likely N-dealkylation sites (tertiary alicyclic amines) is 1. The summed E-state index contributed by atoms with van der Waals surface area (Å²) in [5, 5.41) is 17.2. The van der Waals surface area contributed by atoms with Crippen LogP contribution >= 0.6 is 11.6 Å². The SMILES string of the molecule is N=C(N)Nc1ccc(C[C@H](NC(=O)[C@@H]2C[C@@H](OCc3ccc(Cl)cc3)CN2C(=O)CCCC2CCNCC2)C(=O)c2nc3ccccc3o2)cc1. The standard InChI is InChI=1S/C38H44ClN7O5/c39-27-12-8-26(9-13-27)23-50-29-21-32(46(22-29)34(47)7-3-4-24-16-18-42-19-17-24)36(49)44-31(20-25-10-14-28(15-11-25)43-38(40)41)35(48)37-45-30-5-1-2-6-33(30)51-37/h1-2,5-6,8-15,24,29,31-32,42H,3-4,7,16-23H2,(H,44,49)(H4,40,41,43)/t29-,31+,32+/m1/s1. The molecule has 268 valence electrons. The van der Waals surface area contributed by atoms with Crippen molar-refractivity contribution in [3.8, 4) is 0 Å². The average molecular weight is 714 g/mol. The number of amides is 2. The second kappa shape index (κ2) is 17.0. The third-order valence-corrected chi connectivity index (χ3v) is 9.81. The molecule has 6 rings (SSSR count). The van der Waals surface area contributed by atoms with E-state index in [0.29, 0.717) is 40.8 Å². The number of nitrogens with one attached hydrogen (secondary N) is 4. The first-order valence-corrected chi connectivity index (χ1v) is 17.9. The van der Waals surface area contributed by atoms with Crippen molar-refractivity contribution in [2.75, 3.05) is 25.0 Å². The quantitative estimate of drug-likeness (QED) is 0.0680. The number of para-hydroxylation sites is 2. The van der Waals surface area contributed by atoms with E-state index in [1.165, 1.54) is 0 Å². The number of piperidine rings is 1. The monoisotopic (exact) mass is 713 g/mol. The van der Waals surface area contributed by atoms with Crippen molar-refractivity contribution in [2.45, 2.75) is 69.7 Å². The highest BCUT2D eigenvalue weighted by Gasteiger charge is 2.41. The fraction of sp³-hybridized carbons (Fsp3) is 0.395. The van der Waals surface area contributed by atoms with Crippen LogP contribution in [-0.4, -0.2) is 71.3 Å². The third-order valence-electron chi connectivity index (χ3n) is 9.56. The number of carbonyl (C=O) groups excluding carboxylic acids is 3. The van der Waals surface area contributed by atoms with Crippen molar-refractivity contribution in [1.29, 1.82) is 5.41 Å². The number of aromatic nitrogens is 1. The van der Waals surface area contributed by atoms with E-state index in [2.05, 4.69) is 20.9 Å². The Hall–Kier alpha value is -4.78. The number of guanidine groups is 1. The predicted molar refractivity (Wildman–Crippen MR) is 196 cm³/mol. The van der Waals surface area contributed by atoms with Crippen molar-refractivity contribution in [1.82, 2.24) is 20.5 Å². The zero-order chi connectivity index (χ0) is 35.7. The van der Waals surface area contributed by atoms with Gasteiger partial charge in [-0.25, -0.2) is 4.98 Å². The van der Waals surface area contributed by atoms with Gasteiger partial charge in [-0.2, -0.15) is 0 Å². The second-order valence-corrected chi connectivity index (χ2v) is 13.7. The molecular weight excluding hydrogens is 670 g/mol. The van der Waals surface area contributed by atoms with Gasteiger partial charge >= 0.3 is 0 Å². The molecule has 0 unspecified atom stereocenters. The van der Waals surface area contributed by atoms with Crippen LogP contribution in [0.2, 0.25) is 5.02 Å². The number of fused-ring (bicyclic) bond motifs is 1. The van der Waals surface area contributed by atoms with Crippen LogP contribution in [0.25, 0.3) is 11.1 Å². The summed E-state index contributed by atoms with van der Waals surface area (Å²) >= 11 is 6.06. The summed E-state index contributed by atoms with van der Waals surface area (Å²) in [6.07, 6.45) is 4.31. The number of Topliss-reactive ketones (excluding diaryl/α,β-unsaturated/α-hetero) is 1. The molecule has 2 aliphatic rings. The van der Waals surface area contributed by atoms with E-state index in [4.69, 9.17) is 31.9 Å². The van der Waals surface area contributed by atoms with Gasteiger partial charge in [0, 0.05) is 36.5 Å². The Bertz CT molecular complexity index is 1790. The smallest absolute Gasteiger partial charge is 0.266 e. The van der Waals surface area contributed by atoms with Crippen LogP contribution in [0, 0.1) is 11.3 Å². The maximum Gasteiger partial charge on any atom is 0.266 e. The molecule has 1 aromatic heterocycles. The highest BCUT2D eigenvalue weighted by atomic mass is 35.5. The fourth-order valence-corrected chi connectivity index (χ4v) is 6.94. The number of benzene rings is 3. The minimum Gasteiger partial charge on any atom is -0.434 e. The molecule has 13 heteroatoms. The minimum absolute atomic E-state index is 0.0999. The molecule has 2 amide bonds. The first-order chi connectivity index (χ1) is 24.7. The van der Waals surface area contributed by atoms with E-state index in [9.17, 15) is 14.4 Å². The van der Waals surface area contributed by atoms with Crippen molar-refractivity contribution in [3.63, 3.8) is 0 Å². The Morgan fingerprint density at radius 3 is 2.49 bits per heavy atom. The third kappa shape index (κ3) is 9.72. The number of ether oxygens (including phenoxy) is 1. The molecule has 4 aromatic rings. The fourth-order valence-electron chi connectivity index (χ4n) is 6.81. The number of oxazole rings is 1. The summed E-state index contributed by atoms with van der Waals surface area (Å²) in [4.78, 5) is 47.9. The lowest BCUT2D eigenvalue weighted by molar-refractivity contribution is -0.138. The molecule has 2 fully saturated rings. The summed E-state index contributed by atoms with van der Waals surface area (Å²) < 4.78 is 12.0. The molecule has 51 heavy (non-hydrogen) atoms. The number of anilines is 1. The maximum atomic E-state index is 14.2. The Balaban J connectivity index is 1.19. The van der Waals surface area contributed by atoms with E-state index in [-0.39, 0.29) is 43.2 Å². The molecule has 0 aliphatic carbocycles. The Morgan fingerprint density at radius 1 is 1.04 bits per heavy atom. The Morgan fingerprint density at radius 2 is 1.76 bits per heavy atom. The summed E-state index contributed by atoms with van der Waals surface area (Å²) in [5.41, 5.74) is 8.76. The second-order valence-electron chi connectivity index (χ2n) is 13.3. The van der Waals surface area contributed by atoms with E-state index in [1.54, 1.807) is 65.6 Å². The first-order valence-electron chi connectivity index (χ1n) is 17.5. The Kier molecular flexibility index (Phi) is 12.0. The van der Waals surface area contributed by atoms with Crippen LogP contribution < -0.4 is 21.7 Å². The number of carbonyl (C=O) groups is 3. The number of rotatable bonds is 14. The molecule has 3 atom stereocenters. The van der Waals surface area contributed by atoms with Crippen molar-refractivity contribution in [2.24, 2.45) is 11.7 Å². The molecule has 12 nitrogen and oxygen atoms in total. The molecule has 0 spiro atoms. The number of hydrogen-bond donors (Lipinski definition) is 5. The average Bonchev–Trinajstić information content (AvgIpc) is 3.77. The number of halogens is 1. The molecular formula is C38H44ClN7O5. The van der Waals surface area contributed by atoms with Crippen LogP contribution in [0.4, 0.5) is 5.69 Å². The molecule has 0 saturated carbocycles. The van der Waals surface area contributed by atoms with E-state index >= 15 is 0 Å². The van der Waals surface area contributed by atoms with Gasteiger partial charge in [-0.1, -0.05) is 48.0 Å². The van der Waals surface area contributed by atoms with Gasteiger partial charge in [-0.3, -0.25) is 19.8 Å². The molecule has 2 saturated heterocycles. The lowest BCUT2D eigenvalue weighted by Gasteiger charge is -2.26. The minimum atomic E-state index is -1.04. The van der Waals surface area contributed by atoms with Gasteiger partial charge in [0.15, 0.2) is 11.5 Å². The van der Waals surface area contributed by atoms with Gasteiger partial charge in [-0.05, 0) is 92.2 Å². The van der Waals surface area contributed by atoms with Crippen molar-refractivity contribution in [3.05, 3.63) is 94.8 Å². The maximum absolute atomic E-state index is 14.2. The van der Waals surface area contributed by atoms with E-state index < -0.39 is 23.8 Å². The topological polar surface area (TPSA) is 176 Å². The summed E-state index contributed by atoms with van der Waals surface area (Å²) in [7, 11) is 0. The number of hydrogen-bond acceptors (Lipinski definition) is 8. The number of nitrogens with two attached hydrogens (primary N) is 1. The van der Waals surface area contributed by atoms with Gasteiger partial charge in [0.2, 0.25) is 17.6 Å². The molecule has 3 heterocycles. The van der Waals surface area contributed by atoms with Gasteiger partial charge in [-0.15, -0.1) is 0 Å². The Labute approximate surface area is 301 Å². The largest absolute Gasteiger partial charge is 0.434 e. The molecule has 2 aliphatic heterocycles. The van der Waals surface area contributed by atoms with E-state index in [1.807, 2.05) is 12.1 Å². The highest BCUT2D eigenvalue weighted by molar-refractivity contribution is 6.30. The lowest BCUT2D eigenvalue weighted by atomic mass is 9.92. The molecule has 3 aromatic carbocycles. The van der Waals surface area contributed by atoms with Crippen molar-refractivity contribution >= 4 is 51.9 Å².